The molecule has 0 saturated heterocycles. The monoisotopic (exact) mass is 323 g/mol. The first-order valence-electron chi connectivity index (χ1n) is 6.83. The van der Waals surface area contributed by atoms with E-state index in [-0.39, 0.29) is 18.2 Å². The maximum Gasteiger partial charge on any atom is 0.326 e. The Labute approximate surface area is 130 Å². The molecule has 1 unspecified atom stereocenters. The summed E-state index contributed by atoms with van der Waals surface area (Å²) in [7, 11) is 0. The predicted octanol–water partition coefficient (Wildman–Crippen LogP) is 1.21. The van der Waals surface area contributed by atoms with Crippen molar-refractivity contribution in [2.24, 2.45) is 5.73 Å². The molecule has 2 aromatic heterocycles. The highest BCUT2D eigenvalue weighted by atomic mass is 32.1. The van der Waals surface area contributed by atoms with E-state index >= 15 is 0 Å². The molecular formula is C14H17N3O4S. The first kappa shape index (κ1) is 16.2. The fourth-order valence-electron chi connectivity index (χ4n) is 1.99. The van der Waals surface area contributed by atoms with Gasteiger partial charge in [0.2, 0.25) is 0 Å². The van der Waals surface area contributed by atoms with Crippen LogP contribution in [0.5, 0.6) is 0 Å². The molecule has 7 nitrogen and oxygen atoms in total. The van der Waals surface area contributed by atoms with Crippen molar-refractivity contribution in [1.29, 1.82) is 0 Å². The lowest BCUT2D eigenvalue weighted by Gasteiger charge is -2.11. The Morgan fingerprint density at radius 1 is 1.50 bits per heavy atom. The number of nitrogens with two attached hydrogens (primary N) is 1. The lowest BCUT2D eigenvalue weighted by Crippen LogP contribution is -2.27. The predicted molar refractivity (Wildman–Crippen MR) is 83.0 cm³/mol. The number of hydrogen-bond donors (Lipinski definition) is 1. The number of esters is 1. The quantitative estimate of drug-likeness (QED) is 0.833. The molecule has 8 heteroatoms. The van der Waals surface area contributed by atoms with Crippen molar-refractivity contribution in [3.63, 3.8) is 0 Å². The van der Waals surface area contributed by atoms with Crippen molar-refractivity contribution in [1.82, 2.24) is 9.55 Å². The third kappa shape index (κ3) is 3.01. The third-order valence-electron chi connectivity index (χ3n) is 3.35. The minimum Gasteiger partial charge on any atom is -0.461 e. The average molecular weight is 323 g/mol. The van der Waals surface area contributed by atoms with Crippen LogP contribution in [0.3, 0.4) is 0 Å². The summed E-state index contributed by atoms with van der Waals surface area (Å²) < 4.78 is 6.32. The molecule has 0 saturated carbocycles. The van der Waals surface area contributed by atoms with Crippen LogP contribution < -0.4 is 11.3 Å². The highest BCUT2D eigenvalue weighted by Gasteiger charge is 2.18. The highest BCUT2D eigenvalue weighted by Crippen LogP contribution is 2.26. The number of aryl methyl sites for hydroxylation is 1. The highest BCUT2D eigenvalue weighted by molar-refractivity contribution is 7.20. The van der Waals surface area contributed by atoms with E-state index in [1.165, 1.54) is 10.9 Å². The maximum absolute atomic E-state index is 12.4. The summed E-state index contributed by atoms with van der Waals surface area (Å²) in [6.07, 6.45) is 1.77. The summed E-state index contributed by atoms with van der Waals surface area (Å²) in [6.45, 7) is 5.11. The number of aromatic nitrogens is 2. The fraction of sp³-hybridized carbons (Fsp3) is 0.429. The van der Waals surface area contributed by atoms with Crippen LogP contribution in [0.4, 0.5) is 0 Å². The molecule has 0 fully saturated rings. The van der Waals surface area contributed by atoms with Crippen LogP contribution in [0.15, 0.2) is 11.1 Å². The van der Waals surface area contributed by atoms with Gasteiger partial charge in [-0.25, -0.2) is 4.98 Å². The summed E-state index contributed by atoms with van der Waals surface area (Å²) >= 11 is 1.07. The molecule has 22 heavy (non-hydrogen) atoms. The first-order chi connectivity index (χ1) is 10.3. The van der Waals surface area contributed by atoms with Crippen LogP contribution in [0.25, 0.3) is 10.2 Å². The number of rotatable bonds is 5. The van der Waals surface area contributed by atoms with E-state index in [1.807, 2.05) is 6.92 Å². The van der Waals surface area contributed by atoms with Crippen molar-refractivity contribution < 1.29 is 14.3 Å². The molecular weight excluding hydrogens is 306 g/mol. The van der Waals surface area contributed by atoms with Gasteiger partial charge in [0.05, 0.1) is 22.7 Å². The largest absolute Gasteiger partial charge is 0.461 e. The van der Waals surface area contributed by atoms with E-state index in [0.717, 1.165) is 11.3 Å². The molecule has 0 bridgehead atoms. The van der Waals surface area contributed by atoms with E-state index < -0.39 is 11.9 Å². The Kier molecular flexibility index (Phi) is 4.60. The van der Waals surface area contributed by atoms with Gasteiger partial charge in [0, 0.05) is 0 Å². The zero-order chi connectivity index (χ0) is 16.4. The molecule has 118 valence electrons. The Balaban J connectivity index is 2.39. The summed E-state index contributed by atoms with van der Waals surface area (Å²) in [4.78, 5) is 40.4. The lowest BCUT2D eigenvalue weighted by atomic mass is 10.2. The Morgan fingerprint density at radius 2 is 2.18 bits per heavy atom. The summed E-state index contributed by atoms with van der Waals surface area (Å²) in [5.41, 5.74) is 5.39. The molecule has 2 heterocycles. The van der Waals surface area contributed by atoms with E-state index in [9.17, 15) is 14.4 Å². The molecule has 0 radical (unpaired) electrons. The molecule has 1 atom stereocenters. The Morgan fingerprint density at radius 3 is 2.77 bits per heavy atom. The van der Waals surface area contributed by atoms with Crippen molar-refractivity contribution in [2.75, 3.05) is 0 Å². The van der Waals surface area contributed by atoms with E-state index in [0.29, 0.717) is 27.1 Å². The van der Waals surface area contributed by atoms with Gasteiger partial charge in [0.15, 0.2) is 0 Å². The van der Waals surface area contributed by atoms with Crippen LogP contribution in [0.2, 0.25) is 0 Å². The number of carbonyl (C=O) groups is 2. The van der Waals surface area contributed by atoms with E-state index in [2.05, 4.69) is 4.98 Å². The van der Waals surface area contributed by atoms with Crippen LogP contribution >= 0.6 is 11.3 Å². The summed E-state index contributed by atoms with van der Waals surface area (Å²) in [6, 6.07) is 0. The number of amides is 1. The zero-order valence-electron chi connectivity index (χ0n) is 12.6. The minimum absolute atomic E-state index is 0.204. The molecule has 0 aliphatic carbocycles. The van der Waals surface area contributed by atoms with Crippen LogP contribution in [0, 0.1) is 6.92 Å². The fourth-order valence-corrected chi connectivity index (χ4v) is 2.98. The molecule has 0 aliphatic heterocycles. The van der Waals surface area contributed by atoms with Crippen LogP contribution in [-0.4, -0.2) is 27.5 Å². The third-order valence-corrected chi connectivity index (χ3v) is 4.56. The second kappa shape index (κ2) is 6.27. The van der Waals surface area contributed by atoms with Crippen LogP contribution in [0.1, 0.15) is 35.5 Å². The van der Waals surface area contributed by atoms with Gasteiger partial charge < -0.3 is 10.5 Å². The molecule has 2 N–H and O–H groups in total. The SMILES string of the molecule is CCC(C)OC(=O)Cn1cnc2sc(C(N)=O)c(C)c2c1=O. The minimum atomic E-state index is -0.595. The number of fused-ring (bicyclic) bond motifs is 1. The van der Waals surface area contributed by atoms with Crippen molar-refractivity contribution in [3.8, 4) is 0 Å². The van der Waals surface area contributed by atoms with Gasteiger partial charge in [-0.1, -0.05) is 6.92 Å². The zero-order valence-corrected chi connectivity index (χ0v) is 13.4. The van der Waals surface area contributed by atoms with Gasteiger partial charge in [-0.05, 0) is 25.8 Å². The number of primary amides is 1. The number of thiophene rings is 1. The van der Waals surface area contributed by atoms with Crippen LogP contribution in [-0.2, 0) is 16.1 Å². The molecule has 0 spiro atoms. The Bertz CT molecular complexity index is 793. The first-order valence-corrected chi connectivity index (χ1v) is 7.64. The van der Waals surface area contributed by atoms with Gasteiger partial charge in [0.1, 0.15) is 11.4 Å². The van der Waals surface area contributed by atoms with E-state index in [1.54, 1.807) is 13.8 Å². The van der Waals surface area contributed by atoms with Gasteiger partial charge >= 0.3 is 5.97 Å². The van der Waals surface area contributed by atoms with Gasteiger partial charge in [-0.3, -0.25) is 19.0 Å². The summed E-state index contributed by atoms with van der Waals surface area (Å²) in [5.74, 6) is -1.09. The van der Waals surface area contributed by atoms with E-state index in [4.69, 9.17) is 10.5 Å². The van der Waals surface area contributed by atoms with Gasteiger partial charge in [0.25, 0.3) is 11.5 Å². The lowest BCUT2D eigenvalue weighted by molar-refractivity contribution is -0.149. The summed E-state index contributed by atoms with van der Waals surface area (Å²) in [5, 5.41) is 0.317. The number of ether oxygens (including phenoxy) is 1. The van der Waals surface area contributed by atoms with Crippen molar-refractivity contribution in [2.45, 2.75) is 39.8 Å². The molecule has 2 rings (SSSR count). The second-order valence-electron chi connectivity index (χ2n) is 4.99. The molecule has 0 aliphatic rings. The Hall–Kier alpha value is -2.22. The number of carbonyl (C=O) groups excluding carboxylic acids is 2. The second-order valence-corrected chi connectivity index (χ2v) is 5.99. The number of nitrogens with zero attached hydrogens (tertiary/aromatic N) is 2. The van der Waals surface area contributed by atoms with Gasteiger partial charge in [-0.15, -0.1) is 11.3 Å². The standard InChI is InChI=1S/C14H17N3O4S/c1-4-7(2)21-9(18)5-17-6-16-13-10(14(17)20)8(3)11(22-13)12(15)19/h6-7H,4-5H2,1-3H3,(H2,15,19). The van der Waals surface area contributed by atoms with Crippen molar-refractivity contribution in [3.05, 3.63) is 27.1 Å². The molecule has 1 amide bonds. The smallest absolute Gasteiger partial charge is 0.326 e. The van der Waals surface area contributed by atoms with Crippen molar-refractivity contribution >= 4 is 33.4 Å². The van der Waals surface area contributed by atoms with Gasteiger partial charge in [-0.2, -0.15) is 0 Å². The average Bonchev–Trinajstić information content (AvgIpc) is 2.79. The molecule has 2 aromatic rings. The number of hydrogen-bond acceptors (Lipinski definition) is 6. The molecule has 0 aromatic carbocycles. The maximum atomic E-state index is 12.4. The topological polar surface area (TPSA) is 104 Å². The normalized spacial score (nSPS) is 12.3.